The monoisotopic (exact) mass is 258 g/mol. The average molecular weight is 258 g/mol. The third-order valence-electron chi connectivity index (χ3n) is 6.04. The number of benzene rings is 1. The van der Waals surface area contributed by atoms with E-state index in [-0.39, 0.29) is 1.43 Å². The quantitative estimate of drug-likeness (QED) is 0.594. The molecule has 1 atom stereocenters. The molecule has 2 saturated carbocycles. The van der Waals surface area contributed by atoms with Crippen molar-refractivity contribution in [3.05, 3.63) is 35.9 Å². The first-order chi connectivity index (χ1) is 9.29. The molecule has 3 rings (SSSR count). The maximum absolute atomic E-state index is 2.44. The topological polar surface area (TPSA) is 0 Å². The van der Waals surface area contributed by atoms with Crippen molar-refractivity contribution in [1.29, 1.82) is 0 Å². The van der Waals surface area contributed by atoms with Crippen LogP contribution in [-0.2, 0) is 0 Å². The summed E-state index contributed by atoms with van der Waals surface area (Å²) in [6.45, 7) is 2.44. The lowest BCUT2D eigenvalue weighted by atomic mass is 9.61. The number of hydrogen-bond acceptors (Lipinski definition) is 0. The van der Waals surface area contributed by atoms with E-state index in [0.717, 1.165) is 17.3 Å². The van der Waals surface area contributed by atoms with Crippen molar-refractivity contribution in [3.8, 4) is 0 Å². The van der Waals surface area contributed by atoms with E-state index in [1.165, 1.54) is 57.8 Å². The van der Waals surface area contributed by atoms with Crippen molar-refractivity contribution >= 4 is 0 Å². The molecular formula is C19H30. The van der Waals surface area contributed by atoms with Crippen molar-refractivity contribution < 1.29 is 1.43 Å². The van der Waals surface area contributed by atoms with E-state index >= 15 is 0 Å². The first-order valence-corrected chi connectivity index (χ1v) is 8.34. The van der Waals surface area contributed by atoms with E-state index in [1.54, 1.807) is 5.56 Å². The van der Waals surface area contributed by atoms with Gasteiger partial charge in [-0.05, 0) is 61.3 Å². The van der Waals surface area contributed by atoms with Crippen LogP contribution in [0.5, 0.6) is 0 Å². The predicted octanol–water partition coefficient (Wildman–Crippen LogP) is 6.18. The highest BCUT2D eigenvalue weighted by atomic mass is 14.4. The number of rotatable bonds is 2. The van der Waals surface area contributed by atoms with Crippen LogP contribution in [0, 0.1) is 11.3 Å². The lowest BCUT2D eigenvalue weighted by molar-refractivity contribution is 0.0903. The molecule has 0 bridgehead atoms. The number of hydrogen-bond donors (Lipinski definition) is 0. The molecule has 19 heavy (non-hydrogen) atoms. The summed E-state index contributed by atoms with van der Waals surface area (Å²) in [5, 5.41) is 0. The first-order valence-electron chi connectivity index (χ1n) is 8.34. The molecule has 0 heterocycles. The first kappa shape index (κ1) is 13.2. The molecule has 0 nitrogen and oxygen atoms in total. The van der Waals surface area contributed by atoms with Gasteiger partial charge in [0.05, 0.1) is 0 Å². The van der Waals surface area contributed by atoms with Gasteiger partial charge in [-0.3, -0.25) is 0 Å². The summed E-state index contributed by atoms with van der Waals surface area (Å²) >= 11 is 0. The Morgan fingerprint density at radius 3 is 2.21 bits per heavy atom. The van der Waals surface area contributed by atoms with Gasteiger partial charge in [0.1, 0.15) is 0 Å². The second-order valence-corrected chi connectivity index (χ2v) is 7.10. The third-order valence-corrected chi connectivity index (χ3v) is 6.04. The summed E-state index contributed by atoms with van der Waals surface area (Å²) < 4.78 is 0. The van der Waals surface area contributed by atoms with Gasteiger partial charge < -0.3 is 0 Å². The van der Waals surface area contributed by atoms with Gasteiger partial charge in [-0.1, -0.05) is 56.5 Å². The SMILES string of the molecule is CC(c1ccccc1)C1CCC2(CCCCC2)CC1.[HH]. The van der Waals surface area contributed by atoms with Gasteiger partial charge >= 0.3 is 0 Å². The van der Waals surface area contributed by atoms with Crippen molar-refractivity contribution in [2.45, 2.75) is 70.6 Å². The molecule has 0 aromatic heterocycles. The van der Waals surface area contributed by atoms with Crippen LogP contribution < -0.4 is 0 Å². The molecule has 0 saturated heterocycles. The zero-order valence-electron chi connectivity index (χ0n) is 12.4. The summed E-state index contributed by atoms with van der Waals surface area (Å²) in [6, 6.07) is 11.1. The van der Waals surface area contributed by atoms with Gasteiger partial charge in [-0.2, -0.15) is 0 Å². The summed E-state index contributed by atoms with van der Waals surface area (Å²) in [5.74, 6) is 1.68. The van der Waals surface area contributed by atoms with Gasteiger partial charge in [0.25, 0.3) is 0 Å². The second-order valence-electron chi connectivity index (χ2n) is 7.10. The highest BCUT2D eigenvalue weighted by Gasteiger charge is 2.37. The zero-order valence-corrected chi connectivity index (χ0v) is 12.4. The molecule has 2 aliphatic carbocycles. The van der Waals surface area contributed by atoms with Gasteiger partial charge in [-0.25, -0.2) is 0 Å². The molecule has 2 fully saturated rings. The van der Waals surface area contributed by atoms with Crippen LogP contribution in [0.15, 0.2) is 30.3 Å². The summed E-state index contributed by atoms with van der Waals surface area (Å²) in [6.07, 6.45) is 13.5. The Bertz CT molecular complexity index is 381. The minimum Gasteiger partial charge on any atom is -0.0622 e. The standard InChI is InChI=1S/C19H28.H2/c1-16(17-8-4-2-5-9-17)18-10-14-19(15-11-18)12-6-3-7-13-19;/h2,4-5,8-9,16,18H,3,6-7,10-15H2,1H3;1H. The Labute approximate surface area is 120 Å². The molecule has 0 aliphatic heterocycles. The van der Waals surface area contributed by atoms with Gasteiger partial charge in [0.15, 0.2) is 0 Å². The van der Waals surface area contributed by atoms with Crippen LogP contribution in [0.2, 0.25) is 0 Å². The minimum atomic E-state index is 0. The molecule has 0 radical (unpaired) electrons. The van der Waals surface area contributed by atoms with E-state index in [9.17, 15) is 0 Å². The average Bonchev–Trinajstić information content (AvgIpc) is 2.49. The highest BCUT2D eigenvalue weighted by Crippen LogP contribution is 2.51. The molecule has 0 heteroatoms. The van der Waals surface area contributed by atoms with E-state index in [1.807, 2.05) is 0 Å². The molecule has 0 N–H and O–H groups in total. The molecule has 1 aromatic rings. The van der Waals surface area contributed by atoms with Gasteiger partial charge in [0, 0.05) is 1.43 Å². The smallest absolute Gasteiger partial charge is 0 e. The minimum absolute atomic E-state index is 0. The Morgan fingerprint density at radius 1 is 0.947 bits per heavy atom. The molecule has 1 aromatic carbocycles. The van der Waals surface area contributed by atoms with E-state index in [0.29, 0.717) is 0 Å². The fourth-order valence-corrected chi connectivity index (χ4v) is 4.58. The van der Waals surface area contributed by atoms with E-state index < -0.39 is 0 Å². The highest BCUT2D eigenvalue weighted by molar-refractivity contribution is 5.19. The predicted molar refractivity (Wildman–Crippen MR) is 84.4 cm³/mol. The molecule has 2 aliphatic rings. The maximum Gasteiger partial charge on any atom is 0 e. The van der Waals surface area contributed by atoms with Crippen molar-refractivity contribution in [1.82, 2.24) is 0 Å². The molecule has 1 unspecified atom stereocenters. The lowest BCUT2D eigenvalue weighted by Gasteiger charge is -2.44. The Kier molecular flexibility index (Phi) is 3.96. The Hall–Kier alpha value is -0.780. The normalized spacial score (nSPS) is 25.3. The van der Waals surface area contributed by atoms with Crippen molar-refractivity contribution in [3.63, 3.8) is 0 Å². The van der Waals surface area contributed by atoms with Crippen LogP contribution in [0.3, 0.4) is 0 Å². The Balaban J connectivity index is 0.00000147. The largest absolute Gasteiger partial charge is 0.0622 e. The van der Waals surface area contributed by atoms with Crippen LogP contribution in [0.25, 0.3) is 0 Å². The van der Waals surface area contributed by atoms with Crippen molar-refractivity contribution in [2.24, 2.45) is 11.3 Å². The molecule has 0 amide bonds. The van der Waals surface area contributed by atoms with E-state index in [2.05, 4.69) is 37.3 Å². The zero-order chi connectivity index (χ0) is 13.1. The fourth-order valence-electron chi connectivity index (χ4n) is 4.58. The molecular weight excluding hydrogens is 228 g/mol. The molecule has 106 valence electrons. The summed E-state index contributed by atoms with van der Waals surface area (Å²) in [4.78, 5) is 0. The summed E-state index contributed by atoms with van der Waals surface area (Å²) in [5.41, 5.74) is 2.32. The van der Waals surface area contributed by atoms with Gasteiger partial charge in [0.2, 0.25) is 0 Å². The Morgan fingerprint density at radius 2 is 1.58 bits per heavy atom. The second kappa shape index (κ2) is 5.69. The van der Waals surface area contributed by atoms with E-state index in [4.69, 9.17) is 0 Å². The summed E-state index contributed by atoms with van der Waals surface area (Å²) in [7, 11) is 0. The van der Waals surface area contributed by atoms with Crippen LogP contribution >= 0.6 is 0 Å². The molecule has 1 spiro atoms. The maximum atomic E-state index is 2.44. The van der Waals surface area contributed by atoms with Crippen LogP contribution in [0.1, 0.15) is 77.6 Å². The van der Waals surface area contributed by atoms with Crippen LogP contribution in [-0.4, -0.2) is 0 Å². The fraction of sp³-hybridized carbons (Fsp3) is 0.684. The van der Waals surface area contributed by atoms with Crippen LogP contribution in [0.4, 0.5) is 0 Å². The third kappa shape index (κ3) is 2.88. The van der Waals surface area contributed by atoms with Gasteiger partial charge in [-0.15, -0.1) is 0 Å². The van der Waals surface area contributed by atoms with Crippen molar-refractivity contribution in [2.75, 3.05) is 0 Å². The lowest BCUT2D eigenvalue weighted by Crippen LogP contribution is -2.31.